The van der Waals surface area contributed by atoms with E-state index in [4.69, 9.17) is 0 Å². The Bertz CT molecular complexity index is 234. The summed E-state index contributed by atoms with van der Waals surface area (Å²) in [6.07, 6.45) is 4.98. The van der Waals surface area contributed by atoms with Crippen LogP contribution in [-0.4, -0.2) is 49.6 Å². The molecule has 1 atom stereocenters. The Morgan fingerprint density at radius 3 is 2.81 bits per heavy atom. The summed E-state index contributed by atoms with van der Waals surface area (Å²) in [5.74, 6) is 0.145. The van der Waals surface area contributed by atoms with Crippen molar-refractivity contribution in [3.63, 3.8) is 0 Å². The Morgan fingerprint density at radius 1 is 1.50 bits per heavy atom. The van der Waals surface area contributed by atoms with Gasteiger partial charge in [-0.2, -0.15) is 0 Å². The van der Waals surface area contributed by atoms with E-state index < -0.39 is 0 Å². The summed E-state index contributed by atoms with van der Waals surface area (Å²) in [7, 11) is 0. The van der Waals surface area contributed by atoms with E-state index in [-0.39, 0.29) is 11.9 Å². The smallest absolute Gasteiger partial charge is 0.237 e. The van der Waals surface area contributed by atoms with E-state index >= 15 is 0 Å². The number of hydrogen-bond acceptors (Lipinski definition) is 3. The van der Waals surface area contributed by atoms with Crippen molar-refractivity contribution >= 4 is 5.91 Å². The molecule has 0 aliphatic carbocycles. The van der Waals surface area contributed by atoms with Gasteiger partial charge in [0, 0.05) is 32.7 Å². The van der Waals surface area contributed by atoms with Crippen LogP contribution in [0, 0.1) is 0 Å². The van der Waals surface area contributed by atoms with Crippen LogP contribution < -0.4 is 10.6 Å². The molecule has 1 amide bonds. The van der Waals surface area contributed by atoms with Crippen molar-refractivity contribution in [2.24, 2.45) is 0 Å². The van der Waals surface area contributed by atoms with E-state index in [1.54, 1.807) is 0 Å². The normalized spacial score (nSPS) is 19.9. The van der Waals surface area contributed by atoms with Gasteiger partial charge in [0.2, 0.25) is 5.91 Å². The van der Waals surface area contributed by atoms with Crippen molar-refractivity contribution in [2.75, 3.05) is 32.7 Å². The molecule has 4 heteroatoms. The number of carbonyl (C=O) groups is 1. The highest BCUT2D eigenvalue weighted by atomic mass is 16.2. The fourth-order valence-electron chi connectivity index (χ4n) is 1.83. The average Bonchev–Trinajstić information content (AvgIpc) is 2.34. The maximum absolute atomic E-state index is 11.8. The first-order chi connectivity index (χ1) is 7.75. The van der Waals surface area contributed by atoms with Crippen LogP contribution >= 0.6 is 0 Å². The number of hydrogen-bond donors (Lipinski definition) is 2. The highest BCUT2D eigenvalue weighted by molar-refractivity contribution is 5.81. The number of allylic oxidation sites excluding steroid dienone is 1. The van der Waals surface area contributed by atoms with Crippen molar-refractivity contribution in [3.05, 3.63) is 12.2 Å². The predicted octanol–water partition coefficient (Wildman–Crippen LogP) is 0.363. The molecule has 0 aromatic carbocycles. The maximum atomic E-state index is 11.8. The van der Waals surface area contributed by atoms with E-state index in [9.17, 15) is 4.79 Å². The summed E-state index contributed by atoms with van der Waals surface area (Å²) in [6.45, 7) is 8.60. The zero-order chi connectivity index (χ0) is 11.8. The number of carbonyl (C=O) groups excluding carboxylic acids is 1. The number of rotatable bonds is 5. The maximum Gasteiger partial charge on any atom is 0.237 e. The fraction of sp³-hybridized carbons (Fsp3) is 0.750. The van der Waals surface area contributed by atoms with Crippen LogP contribution in [0.15, 0.2) is 12.2 Å². The monoisotopic (exact) mass is 225 g/mol. The summed E-state index contributed by atoms with van der Waals surface area (Å²) >= 11 is 0. The molecule has 0 radical (unpaired) electrons. The molecule has 16 heavy (non-hydrogen) atoms. The average molecular weight is 225 g/mol. The molecule has 0 aromatic heterocycles. The largest absolute Gasteiger partial charge is 0.354 e. The van der Waals surface area contributed by atoms with E-state index in [0.717, 1.165) is 39.1 Å². The number of piperazine rings is 1. The van der Waals surface area contributed by atoms with Gasteiger partial charge in [-0.05, 0) is 20.3 Å². The Balaban J connectivity index is 2.23. The van der Waals surface area contributed by atoms with Gasteiger partial charge in [-0.15, -0.1) is 0 Å². The summed E-state index contributed by atoms with van der Waals surface area (Å²) < 4.78 is 0. The van der Waals surface area contributed by atoms with E-state index in [1.807, 2.05) is 19.9 Å². The lowest BCUT2D eigenvalue weighted by molar-refractivity contribution is -0.126. The lowest BCUT2D eigenvalue weighted by atomic mass is 10.2. The highest BCUT2D eigenvalue weighted by Crippen LogP contribution is 2.00. The molecule has 1 aliphatic heterocycles. The van der Waals surface area contributed by atoms with Crippen LogP contribution in [0.3, 0.4) is 0 Å². The van der Waals surface area contributed by atoms with Gasteiger partial charge < -0.3 is 10.6 Å². The molecule has 1 unspecified atom stereocenters. The van der Waals surface area contributed by atoms with Gasteiger partial charge >= 0.3 is 0 Å². The van der Waals surface area contributed by atoms with Crippen molar-refractivity contribution < 1.29 is 4.79 Å². The minimum Gasteiger partial charge on any atom is -0.354 e. The first-order valence-corrected chi connectivity index (χ1v) is 6.09. The molecule has 4 nitrogen and oxygen atoms in total. The molecule has 1 heterocycles. The quantitative estimate of drug-likeness (QED) is 0.524. The molecule has 1 saturated heterocycles. The highest BCUT2D eigenvalue weighted by Gasteiger charge is 2.21. The van der Waals surface area contributed by atoms with Crippen LogP contribution in [-0.2, 0) is 4.79 Å². The lowest BCUT2D eigenvalue weighted by Gasteiger charge is -2.31. The minimum absolute atomic E-state index is 0.00675. The van der Waals surface area contributed by atoms with Gasteiger partial charge in [0.25, 0.3) is 0 Å². The van der Waals surface area contributed by atoms with Crippen molar-refractivity contribution in [1.82, 2.24) is 15.5 Å². The third-order valence-electron chi connectivity index (χ3n) is 2.92. The van der Waals surface area contributed by atoms with E-state index in [0.29, 0.717) is 0 Å². The number of nitrogens with zero attached hydrogens (tertiary/aromatic N) is 1. The summed E-state index contributed by atoms with van der Waals surface area (Å²) in [4.78, 5) is 14.0. The van der Waals surface area contributed by atoms with Gasteiger partial charge in [-0.25, -0.2) is 0 Å². The Hall–Kier alpha value is -0.870. The van der Waals surface area contributed by atoms with E-state index in [1.165, 1.54) is 0 Å². The molecule has 1 fully saturated rings. The van der Waals surface area contributed by atoms with Gasteiger partial charge in [0.15, 0.2) is 0 Å². The van der Waals surface area contributed by atoms with Gasteiger partial charge in [0.05, 0.1) is 6.04 Å². The summed E-state index contributed by atoms with van der Waals surface area (Å²) in [5, 5.41) is 6.25. The second kappa shape index (κ2) is 7.41. The molecular weight excluding hydrogens is 202 g/mol. The Labute approximate surface area is 98.1 Å². The first-order valence-electron chi connectivity index (χ1n) is 6.09. The third kappa shape index (κ3) is 4.33. The molecule has 92 valence electrons. The summed E-state index contributed by atoms with van der Waals surface area (Å²) in [5.41, 5.74) is 0. The fourth-order valence-corrected chi connectivity index (χ4v) is 1.83. The molecule has 2 N–H and O–H groups in total. The molecule has 0 bridgehead atoms. The Kier molecular flexibility index (Phi) is 6.11. The zero-order valence-corrected chi connectivity index (χ0v) is 10.3. The van der Waals surface area contributed by atoms with Crippen LogP contribution in [0.2, 0.25) is 0 Å². The summed E-state index contributed by atoms with van der Waals surface area (Å²) in [6, 6.07) is -0.00675. The van der Waals surface area contributed by atoms with Gasteiger partial charge in [0.1, 0.15) is 0 Å². The molecule has 1 rings (SSSR count). The van der Waals surface area contributed by atoms with Crippen LogP contribution in [0.25, 0.3) is 0 Å². The van der Waals surface area contributed by atoms with Crippen molar-refractivity contribution in [2.45, 2.75) is 26.3 Å². The van der Waals surface area contributed by atoms with Gasteiger partial charge in [-0.1, -0.05) is 12.2 Å². The molecular formula is C12H23N3O. The van der Waals surface area contributed by atoms with Gasteiger partial charge in [-0.3, -0.25) is 9.69 Å². The van der Waals surface area contributed by atoms with Crippen LogP contribution in [0.5, 0.6) is 0 Å². The predicted molar refractivity (Wildman–Crippen MR) is 66.3 cm³/mol. The molecule has 0 aromatic rings. The molecule has 0 saturated carbocycles. The second-order valence-corrected chi connectivity index (χ2v) is 4.11. The lowest BCUT2D eigenvalue weighted by Crippen LogP contribution is -2.52. The number of amides is 1. The number of nitrogens with one attached hydrogen (secondary N) is 2. The van der Waals surface area contributed by atoms with Crippen molar-refractivity contribution in [3.8, 4) is 0 Å². The standard InChI is InChI=1S/C12H23N3O/c1-3-4-5-6-14-12(16)11(2)15-9-7-13-8-10-15/h3-4,11,13H,5-10H2,1-2H3,(H,14,16)/b4-3+. The Morgan fingerprint density at radius 2 is 2.19 bits per heavy atom. The third-order valence-corrected chi connectivity index (χ3v) is 2.92. The molecule has 1 aliphatic rings. The van der Waals surface area contributed by atoms with Crippen LogP contribution in [0.4, 0.5) is 0 Å². The van der Waals surface area contributed by atoms with Crippen molar-refractivity contribution in [1.29, 1.82) is 0 Å². The topological polar surface area (TPSA) is 44.4 Å². The molecule has 0 spiro atoms. The first kappa shape index (κ1) is 13.2. The minimum atomic E-state index is -0.00675. The SMILES string of the molecule is C/C=C/CCNC(=O)C(C)N1CCNCC1. The van der Waals surface area contributed by atoms with E-state index in [2.05, 4.69) is 21.6 Å². The zero-order valence-electron chi connectivity index (χ0n) is 10.3. The second-order valence-electron chi connectivity index (χ2n) is 4.11. The van der Waals surface area contributed by atoms with Crippen LogP contribution in [0.1, 0.15) is 20.3 Å².